The fraction of sp³-hybridized carbons (Fsp3) is 0.182. The van der Waals surface area contributed by atoms with Crippen LogP contribution in [-0.4, -0.2) is 45.2 Å². The molecule has 58 heavy (non-hydrogen) atoms. The van der Waals surface area contributed by atoms with Gasteiger partial charge in [-0.05, 0) is 24.3 Å². The van der Waals surface area contributed by atoms with Crippen molar-refractivity contribution in [2.45, 2.75) is 13.8 Å². The molecule has 0 saturated heterocycles. The third-order valence-electron chi connectivity index (χ3n) is 12.0. The summed E-state index contributed by atoms with van der Waals surface area (Å²) >= 11 is 29.4. The number of rotatable bonds is 0. The Morgan fingerprint density at radius 3 is 1.16 bits per heavy atom. The van der Waals surface area contributed by atoms with Gasteiger partial charge in [-0.15, -0.1) is 0 Å². The third kappa shape index (κ3) is 4.06. The summed E-state index contributed by atoms with van der Waals surface area (Å²) in [6.45, 7) is 6.06. The zero-order chi connectivity index (χ0) is 39.2. The molecule has 11 aromatic rings. The van der Waals surface area contributed by atoms with E-state index in [0.29, 0.717) is 157 Å². The van der Waals surface area contributed by atoms with E-state index in [4.69, 9.17) is 75.3 Å². The average molecular weight is 847 g/mol. The van der Waals surface area contributed by atoms with Gasteiger partial charge in [0, 0.05) is 110 Å². The quantitative estimate of drug-likeness (QED) is 0.110. The van der Waals surface area contributed by atoms with Crippen LogP contribution in [0.15, 0.2) is 58.1 Å². The molecule has 10 nitrogen and oxygen atoms in total. The van der Waals surface area contributed by atoms with Crippen molar-refractivity contribution in [3.8, 4) is 23.0 Å². The predicted molar refractivity (Wildman–Crippen MR) is 230 cm³/mol. The Morgan fingerprint density at radius 2 is 0.793 bits per heavy atom. The summed E-state index contributed by atoms with van der Waals surface area (Å²) in [6.07, 6.45) is 0. The molecule has 6 heterocycles. The number of pyridine rings is 2. The molecule has 0 radical (unpaired) electrons. The van der Waals surface area contributed by atoms with E-state index in [1.165, 1.54) is 0 Å². The molecule has 13 rings (SSSR count). The summed E-state index contributed by atoms with van der Waals surface area (Å²) in [7, 11) is 0. The first-order valence-electron chi connectivity index (χ1n) is 18.8. The van der Waals surface area contributed by atoms with Crippen LogP contribution in [-0.2, 0) is 0 Å². The van der Waals surface area contributed by atoms with Crippen molar-refractivity contribution in [3.05, 3.63) is 89.3 Å². The second-order valence-corrected chi connectivity index (χ2v) is 17.4. The van der Waals surface area contributed by atoms with E-state index in [0.717, 1.165) is 0 Å². The van der Waals surface area contributed by atoms with Crippen molar-refractivity contribution < 1.29 is 18.9 Å². The molecule has 2 aliphatic rings. The van der Waals surface area contributed by atoms with Crippen molar-refractivity contribution in [1.82, 2.24) is 18.8 Å². The van der Waals surface area contributed by atoms with Crippen LogP contribution in [0.1, 0.15) is 13.8 Å². The van der Waals surface area contributed by atoms with Gasteiger partial charge in [0.05, 0.1) is 59.3 Å². The fourth-order valence-corrected chi connectivity index (χ4v) is 10.7. The summed E-state index contributed by atoms with van der Waals surface area (Å²) in [5.74, 6) is 2.61. The summed E-state index contributed by atoms with van der Waals surface area (Å²) in [4.78, 5) is 39.4. The molecule has 0 spiro atoms. The van der Waals surface area contributed by atoms with E-state index in [1.807, 2.05) is 38.1 Å². The molecule has 2 atom stereocenters. The van der Waals surface area contributed by atoms with E-state index < -0.39 is 0 Å². The van der Waals surface area contributed by atoms with Crippen molar-refractivity contribution in [2.24, 2.45) is 11.8 Å². The molecule has 4 aromatic heterocycles. The molecule has 2 aliphatic heterocycles. The highest BCUT2D eigenvalue weighted by atomic mass is 35.5. The number of nitrogens with zero attached hydrogens (tertiary/aromatic N) is 4. The van der Waals surface area contributed by atoms with E-state index >= 15 is 0 Å². The molecule has 0 saturated carbocycles. The zero-order valence-electron chi connectivity index (χ0n) is 30.4. The predicted octanol–water partition coefficient (Wildman–Crippen LogP) is 10.7. The van der Waals surface area contributed by atoms with Crippen LogP contribution < -0.4 is 30.1 Å². The van der Waals surface area contributed by atoms with Gasteiger partial charge < -0.3 is 18.9 Å². The minimum Gasteiger partial charge on any atom is -0.489 e. The van der Waals surface area contributed by atoms with Crippen LogP contribution in [0.25, 0.3) is 98.0 Å². The van der Waals surface area contributed by atoms with Crippen LogP contribution in [0, 0.1) is 11.8 Å². The first-order chi connectivity index (χ1) is 28.0. The lowest BCUT2D eigenvalue weighted by molar-refractivity contribution is 0.228. The highest BCUT2D eigenvalue weighted by Crippen LogP contribution is 2.53. The maximum atomic E-state index is 14.7. The number of halogens is 4. The minimum absolute atomic E-state index is 0.196. The van der Waals surface area contributed by atoms with E-state index in [2.05, 4.69) is 0 Å². The number of ether oxygens (including phenoxy) is 4. The lowest BCUT2D eigenvalue weighted by Crippen LogP contribution is -2.14. The van der Waals surface area contributed by atoms with E-state index in [1.54, 1.807) is 33.1 Å². The van der Waals surface area contributed by atoms with Crippen molar-refractivity contribution in [3.63, 3.8) is 0 Å². The molecule has 0 amide bonds. The van der Waals surface area contributed by atoms with Gasteiger partial charge in [-0.25, -0.2) is 9.97 Å². The number of aromatic nitrogens is 4. The number of imidazole rings is 2. The Kier molecular flexibility index (Phi) is 6.43. The second-order valence-electron chi connectivity index (χ2n) is 15.8. The van der Waals surface area contributed by atoms with Crippen LogP contribution >= 0.6 is 46.4 Å². The molecule has 0 bridgehead atoms. The fourth-order valence-electron chi connectivity index (χ4n) is 9.47. The molecule has 2 unspecified atom stereocenters. The molecule has 0 aliphatic carbocycles. The number of fused-ring (bicyclic) bond motifs is 12. The smallest absolute Gasteiger partial charge is 0.264 e. The summed E-state index contributed by atoms with van der Waals surface area (Å²) in [5.41, 5.74) is 2.49. The van der Waals surface area contributed by atoms with Crippen LogP contribution in [0.5, 0.6) is 23.0 Å². The van der Waals surface area contributed by atoms with Gasteiger partial charge in [0.15, 0.2) is 23.0 Å². The maximum absolute atomic E-state index is 14.7. The SMILES string of the molecule is CC1COc2cc3nc4c5cc(Cl)c6c7c(Cl)cc8c(=O)n9c%10cc%11c(cc%10nc9c9cc(Cl)c(c%10c(Cl)cc(c(=O)n4c3cc2OC1)c5c%106)c7c89)OCC(C)CO%11. The second kappa shape index (κ2) is 11.1. The molecule has 14 heteroatoms. The van der Waals surface area contributed by atoms with Gasteiger partial charge >= 0.3 is 0 Å². The first kappa shape index (κ1) is 33.5. The molecule has 7 aromatic carbocycles. The zero-order valence-corrected chi connectivity index (χ0v) is 33.4. The van der Waals surface area contributed by atoms with Gasteiger partial charge in [-0.3, -0.25) is 18.4 Å². The summed E-state index contributed by atoms with van der Waals surface area (Å²) < 4.78 is 27.4. The molecule has 0 fully saturated rings. The monoisotopic (exact) mass is 844 g/mol. The number of benzene rings is 7. The minimum atomic E-state index is -0.310. The average Bonchev–Trinajstić information content (AvgIpc) is 3.64. The van der Waals surface area contributed by atoms with Crippen molar-refractivity contribution >= 4 is 144 Å². The van der Waals surface area contributed by atoms with Crippen molar-refractivity contribution in [2.75, 3.05) is 26.4 Å². The topological polar surface area (TPSA) is 106 Å². The molecular formula is C44H24Cl4N4O6. The Balaban J connectivity index is 1.18. The molecule has 0 N–H and O–H groups in total. The third-order valence-corrected chi connectivity index (χ3v) is 13.2. The number of hydrogen-bond donors (Lipinski definition) is 0. The van der Waals surface area contributed by atoms with Crippen LogP contribution in [0.2, 0.25) is 20.1 Å². The molecule has 284 valence electrons. The molecular weight excluding hydrogens is 822 g/mol. The van der Waals surface area contributed by atoms with Crippen LogP contribution in [0.4, 0.5) is 0 Å². The van der Waals surface area contributed by atoms with Gasteiger partial charge in [-0.2, -0.15) is 0 Å². The largest absolute Gasteiger partial charge is 0.489 e. The summed E-state index contributed by atoms with van der Waals surface area (Å²) in [6, 6.07) is 14.2. The highest BCUT2D eigenvalue weighted by molar-refractivity contribution is 6.56. The van der Waals surface area contributed by atoms with E-state index in [-0.39, 0.29) is 33.0 Å². The Labute approximate surface area is 344 Å². The van der Waals surface area contributed by atoms with Gasteiger partial charge in [0.1, 0.15) is 11.3 Å². The standard InChI is InChI=1S/C44H24Cl4N4O6/c1-15-11-55-29-7-25-27(9-31(29)57-13-15)51-41(49-25)17-3-21(45)35-38-24(48)6-20-34-18(4-22(46)36(40(34)38)37-23(47)5-19(43(51)53)33(17)39(35)37)42-50-26-8-30-32(58-14-16(2)12-56-30)10-28(26)52(42)44(20)54/h3-10,15-16H,11-14H2,1-2H3. The Bertz CT molecular complexity index is 3580. The number of hydrogen-bond acceptors (Lipinski definition) is 8. The van der Waals surface area contributed by atoms with Gasteiger partial charge in [0.25, 0.3) is 11.1 Å². The normalized spacial score (nSPS) is 17.6. The van der Waals surface area contributed by atoms with Crippen molar-refractivity contribution in [1.29, 1.82) is 0 Å². The first-order valence-corrected chi connectivity index (χ1v) is 20.3. The van der Waals surface area contributed by atoms with Gasteiger partial charge in [0.2, 0.25) is 0 Å². The van der Waals surface area contributed by atoms with Crippen LogP contribution in [0.3, 0.4) is 0 Å². The lowest BCUT2D eigenvalue weighted by atomic mass is 9.86. The van der Waals surface area contributed by atoms with Gasteiger partial charge in [-0.1, -0.05) is 60.3 Å². The maximum Gasteiger partial charge on any atom is 0.264 e. The lowest BCUT2D eigenvalue weighted by Gasteiger charge is -2.21. The summed E-state index contributed by atoms with van der Waals surface area (Å²) in [5, 5.41) is 8.12. The van der Waals surface area contributed by atoms with E-state index in [9.17, 15) is 9.59 Å². The highest BCUT2D eigenvalue weighted by Gasteiger charge is 2.30. The Morgan fingerprint density at radius 1 is 0.466 bits per heavy atom. The Hall–Kier alpha value is -5.52.